The first kappa shape index (κ1) is 17.6. The molecule has 0 aliphatic rings. The van der Waals surface area contributed by atoms with Gasteiger partial charge in [0.05, 0.1) is 34.3 Å². The summed E-state index contributed by atoms with van der Waals surface area (Å²) in [6.45, 7) is 3.83. The van der Waals surface area contributed by atoms with E-state index in [9.17, 15) is 4.79 Å². The predicted octanol–water partition coefficient (Wildman–Crippen LogP) is 4.64. The lowest BCUT2D eigenvalue weighted by Crippen LogP contribution is -2.12. The minimum atomic E-state index is -0.215. The predicted molar refractivity (Wildman–Crippen MR) is 111 cm³/mol. The van der Waals surface area contributed by atoms with E-state index in [-0.39, 0.29) is 5.91 Å². The first-order chi connectivity index (χ1) is 13.6. The number of nitrogens with one attached hydrogen (secondary N) is 2. The quantitative estimate of drug-likeness (QED) is 0.548. The molecule has 0 spiro atoms. The summed E-state index contributed by atoms with van der Waals surface area (Å²) in [5, 5.41) is 6.07. The van der Waals surface area contributed by atoms with E-state index in [1.54, 1.807) is 18.3 Å². The smallest absolute Gasteiger partial charge is 0.255 e. The SMILES string of the molecule is Cc1nc2ccc(C(=O)Nc3ccc(Nc4ccccc4)nc3)cc2nc1C. The molecule has 28 heavy (non-hydrogen) atoms. The van der Waals surface area contributed by atoms with Gasteiger partial charge in [0, 0.05) is 11.3 Å². The molecule has 0 unspecified atom stereocenters. The number of carbonyl (C=O) groups excluding carboxylic acids is 1. The molecule has 0 bridgehead atoms. The Kier molecular flexibility index (Phi) is 4.68. The van der Waals surface area contributed by atoms with Crippen molar-refractivity contribution in [3.8, 4) is 0 Å². The highest BCUT2D eigenvalue weighted by Crippen LogP contribution is 2.18. The van der Waals surface area contributed by atoms with Gasteiger partial charge >= 0.3 is 0 Å². The van der Waals surface area contributed by atoms with E-state index in [0.29, 0.717) is 22.6 Å². The van der Waals surface area contributed by atoms with Gasteiger partial charge in [0.15, 0.2) is 0 Å². The molecule has 0 aliphatic carbocycles. The van der Waals surface area contributed by atoms with Gasteiger partial charge < -0.3 is 10.6 Å². The number of aromatic nitrogens is 3. The van der Waals surface area contributed by atoms with E-state index in [0.717, 1.165) is 22.6 Å². The van der Waals surface area contributed by atoms with E-state index in [1.807, 2.05) is 62.4 Å². The van der Waals surface area contributed by atoms with Crippen LogP contribution in [-0.4, -0.2) is 20.9 Å². The first-order valence-corrected chi connectivity index (χ1v) is 8.93. The van der Waals surface area contributed by atoms with E-state index in [1.165, 1.54) is 0 Å². The van der Waals surface area contributed by atoms with Crippen molar-refractivity contribution < 1.29 is 4.79 Å². The molecule has 2 heterocycles. The Hall–Kier alpha value is -3.80. The number of amides is 1. The lowest BCUT2D eigenvalue weighted by molar-refractivity contribution is 0.102. The van der Waals surface area contributed by atoms with Crippen LogP contribution in [0.1, 0.15) is 21.7 Å². The Bertz CT molecular complexity index is 1140. The van der Waals surface area contributed by atoms with Crippen LogP contribution in [0, 0.1) is 13.8 Å². The third-order valence-electron chi connectivity index (χ3n) is 4.41. The van der Waals surface area contributed by atoms with Gasteiger partial charge in [-0.2, -0.15) is 0 Å². The fourth-order valence-electron chi connectivity index (χ4n) is 2.79. The number of fused-ring (bicyclic) bond motifs is 1. The number of hydrogen-bond donors (Lipinski definition) is 2. The van der Waals surface area contributed by atoms with Crippen LogP contribution < -0.4 is 10.6 Å². The molecule has 0 radical (unpaired) electrons. The number of aryl methyl sites for hydroxylation is 2. The molecule has 0 saturated heterocycles. The van der Waals surface area contributed by atoms with Crippen molar-refractivity contribution in [2.24, 2.45) is 0 Å². The summed E-state index contributed by atoms with van der Waals surface area (Å²) in [5.74, 6) is 0.489. The van der Waals surface area contributed by atoms with Crippen molar-refractivity contribution in [2.75, 3.05) is 10.6 Å². The summed E-state index contributed by atoms with van der Waals surface area (Å²) >= 11 is 0. The zero-order chi connectivity index (χ0) is 19.5. The highest BCUT2D eigenvalue weighted by Gasteiger charge is 2.09. The number of para-hydroxylation sites is 1. The summed E-state index contributed by atoms with van der Waals surface area (Å²) in [6.07, 6.45) is 1.62. The standard InChI is InChI=1S/C22H19N5O/c1-14-15(2)25-20-12-16(8-10-19(20)24-14)22(28)27-18-9-11-21(23-13-18)26-17-6-4-3-5-7-17/h3-13H,1-2H3,(H,23,26)(H,27,28). The Morgan fingerprint density at radius 2 is 1.57 bits per heavy atom. The second-order valence-electron chi connectivity index (χ2n) is 6.48. The Labute approximate surface area is 162 Å². The van der Waals surface area contributed by atoms with Crippen LogP contribution in [0.5, 0.6) is 0 Å². The maximum absolute atomic E-state index is 12.6. The van der Waals surface area contributed by atoms with Gasteiger partial charge in [-0.1, -0.05) is 18.2 Å². The van der Waals surface area contributed by atoms with Crippen LogP contribution in [0.4, 0.5) is 17.2 Å². The van der Waals surface area contributed by atoms with Gasteiger partial charge in [-0.15, -0.1) is 0 Å². The second-order valence-corrected chi connectivity index (χ2v) is 6.48. The Morgan fingerprint density at radius 3 is 2.29 bits per heavy atom. The van der Waals surface area contributed by atoms with Crippen molar-refractivity contribution in [1.29, 1.82) is 0 Å². The highest BCUT2D eigenvalue weighted by molar-refractivity contribution is 6.05. The molecule has 0 saturated carbocycles. The van der Waals surface area contributed by atoms with E-state index in [2.05, 4.69) is 25.6 Å². The molecule has 1 amide bonds. The molecule has 2 aromatic carbocycles. The number of carbonyl (C=O) groups is 1. The average Bonchev–Trinajstić information content (AvgIpc) is 2.71. The van der Waals surface area contributed by atoms with Gasteiger partial charge in [0.1, 0.15) is 5.82 Å². The van der Waals surface area contributed by atoms with Crippen molar-refractivity contribution in [2.45, 2.75) is 13.8 Å². The van der Waals surface area contributed by atoms with Crippen LogP contribution in [0.25, 0.3) is 11.0 Å². The van der Waals surface area contributed by atoms with E-state index < -0.39 is 0 Å². The number of pyridine rings is 1. The molecule has 4 rings (SSSR count). The Balaban J connectivity index is 1.48. The maximum atomic E-state index is 12.6. The maximum Gasteiger partial charge on any atom is 0.255 e. The minimum Gasteiger partial charge on any atom is -0.340 e. The normalized spacial score (nSPS) is 10.6. The van der Waals surface area contributed by atoms with Crippen LogP contribution >= 0.6 is 0 Å². The van der Waals surface area contributed by atoms with Gasteiger partial charge in [-0.05, 0) is 56.3 Å². The summed E-state index contributed by atoms with van der Waals surface area (Å²) in [4.78, 5) is 25.9. The molecule has 138 valence electrons. The highest BCUT2D eigenvalue weighted by atomic mass is 16.1. The van der Waals surface area contributed by atoms with Gasteiger partial charge in [0.2, 0.25) is 0 Å². The number of anilines is 3. The molecular formula is C22H19N5O. The molecule has 0 atom stereocenters. The zero-order valence-corrected chi connectivity index (χ0v) is 15.6. The van der Waals surface area contributed by atoms with Crippen LogP contribution in [0.2, 0.25) is 0 Å². The zero-order valence-electron chi connectivity index (χ0n) is 15.6. The minimum absolute atomic E-state index is 0.215. The summed E-state index contributed by atoms with van der Waals surface area (Å²) in [7, 11) is 0. The van der Waals surface area contributed by atoms with Crippen molar-refractivity contribution in [3.63, 3.8) is 0 Å². The number of rotatable bonds is 4. The fraction of sp³-hybridized carbons (Fsp3) is 0.0909. The third kappa shape index (κ3) is 3.81. The molecule has 4 aromatic rings. The lowest BCUT2D eigenvalue weighted by atomic mass is 10.1. The van der Waals surface area contributed by atoms with Crippen molar-refractivity contribution in [3.05, 3.63) is 83.8 Å². The summed E-state index contributed by atoms with van der Waals surface area (Å²) < 4.78 is 0. The van der Waals surface area contributed by atoms with E-state index in [4.69, 9.17) is 0 Å². The second kappa shape index (κ2) is 7.44. The van der Waals surface area contributed by atoms with Gasteiger partial charge in [0.25, 0.3) is 5.91 Å². The van der Waals surface area contributed by atoms with Gasteiger partial charge in [-0.3, -0.25) is 4.79 Å². The summed E-state index contributed by atoms with van der Waals surface area (Å²) in [6, 6.07) is 18.7. The molecule has 2 N–H and O–H groups in total. The van der Waals surface area contributed by atoms with Gasteiger partial charge in [-0.25, -0.2) is 15.0 Å². The van der Waals surface area contributed by atoms with Crippen LogP contribution in [0.3, 0.4) is 0 Å². The molecule has 0 aliphatic heterocycles. The van der Waals surface area contributed by atoms with Crippen molar-refractivity contribution >= 4 is 34.1 Å². The fourth-order valence-corrected chi connectivity index (χ4v) is 2.79. The molecule has 0 fully saturated rings. The largest absolute Gasteiger partial charge is 0.340 e. The molecule has 6 heteroatoms. The summed E-state index contributed by atoms with van der Waals surface area (Å²) in [5.41, 5.74) is 5.32. The monoisotopic (exact) mass is 369 g/mol. The van der Waals surface area contributed by atoms with E-state index >= 15 is 0 Å². The van der Waals surface area contributed by atoms with Crippen LogP contribution in [0.15, 0.2) is 66.9 Å². The number of benzene rings is 2. The number of hydrogen-bond acceptors (Lipinski definition) is 5. The molecule has 6 nitrogen and oxygen atoms in total. The lowest BCUT2D eigenvalue weighted by Gasteiger charge is -2.09. The Morgan fingerprint density at radius 1 is 0.821 bits per heavy atom. The first-order valence-electron chi connectivity index (χ1n) is 8.93. The average molecular weight is 369 g/mol. The molecule has 2 aromatic heterocycles. The third-order valence-corrected chi connectivity index (χ3v) is 4.41. The number of nitrogens with zero attached hydrogens (tertiary/aromatic N) is 3. The topological polar surface area (TPSA) is 79.8 Å². The van der Waals surface area contributed by atoms with Crippen molar-refractivity contribution in [1.82, 2.24) is 15.0 Å². The molecular weight excluding hydrogens is 350 g/mol. The van der Waals surface area contributed by atoms with Crippen LogP contribution in [-0.2, 0) is 0 Å².